The van der Waals surface area contributed by atoms with Crippen LogP contribution in [0.2, 0.25) is 0 Å². The van der Waals surface area contributed by atoms with Crippen molar-refractivity contribution in [2.75, 3.05) is 0 Å². The lowest BCUT2D eigenvalue weighted by molar-refractivity contribution is 0.0999. The maximum Gasteiger partial charge on any atom is 0.261 e. The number of amides is 1. The molecule has 0 aliphatic carbocycles. The van der Waals surface area contributed by atoms with E-state index in [1.165, 1.54) is 24.3 Å². The molecule has 76 valence electrons. The smallest absolute Gasteiger partial charge is 0.261 e. The quantitative estimate of drug-likeness (QED) is 0.722. The zero-order valence-corrected chi connectivity index (χ0v) is 7.58. The third-order valence-electron chi connectivity index (χ3n) is 2.07. The molecule has 0 unspecified atom stereocenters. The van der Waals surface area contributed by atoms with E-state index in [2.05, 4.69) is 4.98 Å². The number of fused-ring (bicyclic) bond motifs is 1. The molecule has 1 amide bonds. The lowest BCUT2D eigenvalue weighted by atomic mass is 10.1. The van der Waals surface area contributed by atoms with Crippen LogP contribution in [0, 0.1) is 5.82 Å². The number of aromatic amines is 1. The second-order valence-corrected chi connectivity index (χ2v) is 3.11. The molecule has 0 spiro atoms. The van der Waals surface area contributed by atoms with Gasteiger partial charge in [-0.05, 0) is 29.7 Å². The van der Waals surface area contributed by atoms with Crippen LogP contribution in [0.3, 0.4) is 0 Å². The lowest BCUT2D eigenvalue weighted by Gasteiger charge is -1.99. The Morgan fingerprint density at radius 3 is 2.73 bits per heavy atom. The first-order chi connectivity index (χ1) is 7.08. The molecule has 5 heteroatoms. The van der Waals surface area contributed by atoms with E-state index in [-0.39, 0.29) is 5.56 Å². The van der Waals surface area contributed by atoms with E-state index in [0.29, 0.717) is 10.9 Å². The highest BCUT2D eigenvalue weighted by molar-refractivity contribution is 5.96. The summed E-state index contributed by atoms with van der Waals surface area (Å²) in [5.41, 5.74) is 4.60. The Kier molecular flexibility index (Phi) is 2.00. The normalized spacial score (nSPS) is 10.5. The molecule has 0 bridgehead atoms. The van der Waals surface area contributed by atoms with Crippen LogP contribution in [0.1, 0.15) is 10.4 Å². The molecule has 0 fully saturated rings. The summed E-state index contributed by atoms with van der Waals surface area (Å²) in [5.74, 6) is -1.26. The summed E-state index contributed by atoms with van der Waals surface area (Å²) in [6, 6.07) is 5.23. The summed E-state index contributed by atoms with van der Waals surface area (Å²) in [6.07, 6.45) is 0. The van der Waals surface area contributed by atoms with Gasteiger partial charge < -0.3 is 10.7 Å². The number of pyridine rings is 1. The van der Waals surface area contributed by atoms with Crippen molar-refractivity contribution in [2.45, 2.75) is 0 Å². The van der Waals surface area contributed by atoms with Gasteiger partial charge in [0.25, 0.3) is 11.5 Å². The molecular formula is C10H7FN2O2. The average Bonchev–Trinajstić information content (AvgIpc) is 2.15. The zero-order chi connectivity index (χ0) is 11.0. The molecule has 3 N–H and O–H groups in total. The van der Waals surface area contributed by atoms with Gasteiger partial charge in [0.15, 0.2) is 0 Å². The first-order valence-corrected chi connectivity index (χ1v) is 4.20. The van der Waals surface area contributed by atoms with Gasteiger partial charge in [0.2, 0.25) is 0 Å². The maximum atomic E-state index is 12.8. The van der Waals surface area contributed by atoms with Crippen LogP contribution in [-0.4, -0.2) is 10.9 Å². The van der Waals surface area contributed by atoms with Crippen LogP contribution < -0.4 is 11.3 Å². The van der Waals surface area contributed by atoms with Gasteiger partial charge in [0, 0.05) is 0 Å². The molecule has 4 nitrogen and oxygen atoms in total. The van der Waals surface area contributed by atoms with Crippen molar-refractivity contribution in [3.8, 4) is 0 Å². The minimum Gasteiger partial charge on any atom is -0.365 e. The second-order valence-electron chi connectivity index (χ2n) is 3.11. The van der Waals surface area contributed by atoms with E-state index in [1.807, 2.05) is 0 Å². The van der Waals surface area contributed by atoms with Crippen LogP contribution in [0.4, 0.5) is 4.39 Å². The van der Waals surface area contributed by atoms with Gasteiger partial charge in [-0.3, -0.25) is 9.59 Å². The number of nitrogens with one attached hydrogen (secondary N) is 1. The fourth-order valence-corrected chi connectivity index (χ4v) is 1.36. The van der Waals surface area contributed by atoms with Crippen molar-refractivity contribution in [2.24, 2.45) is 5.73 Å². The molecule has 0 radical (unpaired) electrons. The number of benzene rings is 1. The van der Waals surface area contributed by atoms with Crippen molar-refractivity contribution >= 4 is 16.8 Å². The van der Waals surface area contributed by atoms with Crippen molar-refractivity contribution in [1.29, 1.82) is 0 Å². The topological polar surface area (TPSA) is 76.0 Å². The molecule has 15 heavy (non-hydrogen) atoms. The molecule has 2 aromatic rings. The molecule has 1 aromatic carbocycles. The number of hydrogen-bond acceptors (Lipinski definition) is 2. The van der Waals surface area contributed by atoms with Crippen LogP contribution >= 0.6 is 0 Å². The first kappa shape index (κ1) is 9.39. The van der Waals surface area contributed by atoms with Crippen LogP contribution in [0.15, 0.2) is 29.1 Å². The summed E-state index contributed by atoms with van der Waals surface area (Å²) in [7, 11) is 0. The Morgan fingerprint density at radius 1 is 1.33 bits per heavy atom. The number of rotatable bonds is 1. The summed E-state index contributed by atoms with van der Waals surface area (Å²) in [5, 5.41) is 0.560. The average molecular weight is 206 g/mol. The van der Waals surface area contributed by atoms with E-state index >= 15 is 0 Å². The van der Waals surface area contributed by atoms with Gasteiger partial charge in [0.1, 0.15) is 11.4 Å². The summed E-state index contributed by atoms with van der Waals surface area (Å²) in [4.78, 5) is 24.6. The first-order valence-electron chi connectivity index (χ1n) is 4.20. The standard InChI is InChI=1S/C10H7FN2O2/c11-6-2-1-5-3-7(9(12)14)10(15)13-8(5)4-6/h1-4H,(H2,12,14)(H,13,15). The molecule has 1 heterocycles. The molecule has 0 aliphatic heterocycles. The van der Waals surface area contributed by atoms with Gasteiger partial charge >= 0.3 is 0 Å². The molecule has 2 rings (SSSR count). The Morgan fingerprint density at radius 2 is 2.07 bits per heavy atom. The van der Waals surface area contributed by atoms with Crippen molar-refractivity contribution in [1.82, 2.24) is 4.98 Å². The Hall–Kier alpha value is -2.17. The number of carbonyl (C=O) groups is 1. The van der Waals surface area contributed by atoms with Crippen molar-refractivity contribution in [3.63, 3.8) is 0 Å². The minimum absolute atomic E-state index is 0.130. The fourth-order valence-electron chi connectivity index (χ4n) is 1.36. The Balaban J connectivity index is 2.82. The van der Waals surface area contributed by atoms with E-state index < -0.39 is 17.3 Å². The zero-order valence-electron chi connectivity index (χ0n) is 7.58. The highest BCUT2D eigenvalue weighted by Gasteiger charge is 2.07. The predicted octanol–water partition coefficient (Wildman–Crippen LogP) is 0.766. The number of halogens is 1. The highest BCUT2D eigenvalue weighted by atomic mass is 19.1. The molecule has 0 saturated heterocycles. The number of primary amides is 1. The third-order valence-corrected chi connectivity index (χ3v) is 2.07. The van der Waals surface area contributed by atoms with Crippen molar-refractivity contribution < 1.29 is 9.18 Å². The van der Waals surface area contributed by atoms with Gasteiger partial charge in [0.05, 0.1) is 5.52 Å². The van der Waals surface area contributed by atoms with Gasteiger partial charge in [-0.1, -0.05) is 0 Å². The van der Waals surface area contributed by atoms with E-state index in [0.717, 1.165) is 0 Å². The fraction of sp³-hybridized carbons (Fsp3) is 0. The summed E-state index contributed by atoms with van der Waals surface area (Å²) >= 11 is 0. The predicted molar refractivity (Wildman–Crippen MR) is 53.0 cm³/mol. The minimum atomic E-state index is -0.803. The molecule has 1 aromatic heterocycles. The number of hydrogen-bond donors (Lipinski definition) is 2. The SMILES string of the molecule is NC(=O)c1cc2ccc(F)cc2[nH]c1=O. The summed E-state index contributed by atoms with van der Waals surface area (Å²) < 4.78 is 12.8. The van der Waals surface area contributed by atoms with E-state index in [4.69, 9.17) is 5.73 Å². The van der Waals surface area contributed by atoms with Gasteiger partial charge in [-0.25, -0.2) is 4.39 Å². The maximum absolute atomic E-state index is 12.8. The Labute approximate surface area is 83.5 Å². The largest absolute Gasteiger partial charge is 0.365 e. The third kappa shape index (κ3) is 1.59. The number of nitrogens with two attached hydrogens (primary N) is 1. The van der Waals surface area contributed by atoms with E-state index in [9.17, 15) is 14.0 Å². The number of H-pyrrole nitrogens is 1. The molecule has 0 saturated carbocycles. The Bertz CT molecular complexity index is 604. The second kappa shape index (κ2) is 3.20. The lowest BCUT2D eigenvalue weighted by Crippen LogP contribution is -2.23. The molecular weight excluding hydrogens is 199 g/mol. The summed E-state index contributed by atoms with van der Waals surface area (Å²) in [6.45, 7) is 0. The number of aromatic nitrogens is 1. The highest BCUT2D eigenvalue weighted by Crippen LogP contribution is 2.12. The van der Waals surface area contributed by atoms with Gasteiger partial charge in [-0.15, -0.1) is 0 Å². The van der Waals surface area contributed by atoms with Crippen molar-refractivity contribution in [3.05, 3.63) is 46.0 Å². The van der Waals surface area contributed by atoms with Crippen LogP contribution in [0.25, 0.3) is 10.9 Å². The molecule has 0 atom stereocenters. The van der Waals surface area contributed by atoms with Crippen LogP contribution in [0.5, 0.6) is 0 Å². The van der Waals surface area contributed by atoms with Gasteiger partial charge in [-0.2, -0.15) is 0 Å². The number of carbonyl (C=O) groups excluding carboxylic acids is 1. The van der Waals surface area contributed by atoms with Crippen LogP contribution in [-0.2, 0) is 0 Å². The molecule has 0 aliphatic rings. The van der Waals surface area contributed by atoms with E-state index in [1.54, 1.807) is 0 Å². The monoisotopic (exact) mass is 206 g/mol.